The lowest BCUT2D eigenvalue weighted by Crippen LogP contribution is -2.34. The third-order valence-corrected chi connectivity index (χ3v) is 4.92. The van der Waals surface area contributed by atoms with Gasteiger partial charge in [-0.15, -0.1) is 10.2 Å². The maximum atomic E-state index is 12.8. The van der Waals surface area contributed by atoms with Crippen molar-refractivity contribution in [1.29, 1.82) is 0 Å². The number of carbonyl (C=O) groups is 2. The largest absolute Gasteiger partial charge is 0.465 e. The highest BCUT2D eigenvalue weighted by Gasteiger charge is 2.47. The van der Waals surface area contributed by atoms with Crippen LogP contribution in [-0.2, 0) is 17.9 Å². The fraction of sp³-hybridized carbons (Fsp3) is 0.444. The highest BCUT2D eigenvalue weighted by Crippen LogP contribution is 2.38. The number of carboxylic acid groups (broad SMARTS) is 1. The topological polar surface area (TPSA) is 121 Å². The van der Waals surface area contributed by atoms with E-state index in [0.717, 1.165) is 12.0 Å². The highest BCUT2D eigenvalue weighted by atomic mass is 16.7. The molecule has 28 heavy (non-hydrogen) atoms. The first-order valence-electron chi connectivity index (χ1n) is 9.17. The van der Waals surface area contributed by atoms with Crippen LogP contribution in [0.15, 0.2) is 34.7 Å². The van der Waals surface area contributed by atoms with Crippen molar-refractivity contribution in [3.05, 3.63) is 47.7 Å². The summed E-state index contributed by atoms with van der Waals surface area (Å²) < 4.78 is 5.66. The Hall–Kier alpha value is -3.14. The molecule has 4 rings (SSSR count). The summed E-state index contributed by atoms with van der Waals surface area (Å²) in [6, 6.07) is 9.23. The van der Waals surface area contributed by atoms with Crippen molar-refractivity contribution in [1.82, 2.24) is 25.5 Å². The van der Waals surface area contributed by atoms with Crippen molar-refractivity contribution in [2.45, 2.75) is 38.0 Å². The molecule has 0 radical (unpaired) electrons. The van der Waals surface area contributed by atoms with E-state index in [0.29, 0.717) is 37.8 Å². The molecule has 0 spiro atoms. The normalized spacial score (nSPS) is 21.2. The van der Waals surface area contributed by atoms with Gasteiger partial charge in [-0.25, -0.2) is 9.59 Å². The molecular weight excluding hydrogens is 366 g/mol. The molecule has 2 fully saturated rings. The summed E-state index contributed by atoms with van der Waals surface area (Å²) in [6.45, 7) is 1.08. The molecule has 2 saturated heterocycles. The molecule has 1 aromatic carbocycles. The SMILES string of the molecule is O=C(O)NCCc1nnc([C@@H]2CC[C@@H]3CN2C(=O)N3OCc2ccccc2)o1. The van der Waals surface area contributed by atoms with Crippen molar-refractivity contribution < 1.29 is 24.0 Å². The second-order valence-corrected chi connectivity index (χ2v) is 6.78. The van der Waals surface area contributed by atoms with Crippen molar-refractivity contribution >= 4 is 12.1 Å². The van der Waals surface area contributed by atoms with Gasteiger partial charge < -0.3 is 19.7 Å². The summed E-state index contributed by atoms with van der Waals surface area (Å²) >= 11 is 0. The van der Waals surface area contributed by atoms with Crippen molar-refractivity contribution in [3.8, 4) is 0 Å². The number of carbonyl (C=O) groups excluding carboxylic acids is 1. The summed E-state index contributed by atoms with van der Waals surface area (Å²) in [5, 5.41) is 20.3. The lowest BCUT2D eigenvalue weighted by molar-refractivity contribution is -0.140. The summed E-state index contributed by atoms with van der Waals surface area (Å²) in [7, 11) is 0. The molecule has 2 aliphatic rings. The standard InChI is InChI=1S/C18H21N5O5/c24-17(25)19-9-8-15-20-21-16(28-15)14-7-6-13-10-22(14)18(26)23(13)27-11-12-4-2-1-3-5-12/h1-5,13-14,19H,6-11H2,(H,24,25)/t13-,14+/m1/s1. The van der Waals surface area contributed by atoms with E-state index < -0.39 is 6.09 Å². The summed E-state index contributed by atoms with van der Waals surface area (Å²) in [6.07, 6.45) is 0.683. The Kier molecular flexibility index (Phi) is 5.11. The van der Waals surface area contributed by atoms with Crippen LogP contribution in [-0.4, -0.2) is 56.5 Å². The number of piperidine rings is 1. The molecule has 10 nitrogen and oxygen atoms in total. The predicted molar refractivity (Wildman–Crippen MR) is 95.0 cm³/mol. The minimum absolute atomic E-state index is 0.00891. The Morgan fingerprint density at radius 2 is 2.11 bits per heavy atom. The zero-order valence-electron chi connectivity index (χ0n) is 15.2. The lowest BCUT2D eigenvalue weighted by atomic mass is 10.0. The fourth-order valence-electron chi connectivity index (χ4n) is 3.55. The Balaban J connectivity index is 1.38. The van der Waals surface area contributed by atoms with Gasteiger partial charge in [0.05, 0.1) is 6.04 Å². The number of nitrogens with zero attached hydrogens (tertiary/aromatic N) is 4. The minimum Gasteiger partial charge on any atom is -0.465 e. The molecule has 1 aromatic heterocycles. The molecule has 3 heterocycles. The van der Waals surface area contributed by atoms with Gasteiger partial charge in [-0.2, -0.15) is 5.06 Å². The average Bonchev–Trinajstić information content (AvgIpc) is 3.25. The third-order valence-electron chi connectivity index (χ3n) is 4.92. The maximum Gasteiger partial charge on any atom is 0.404 e. The third kappa shape index (κ3) is 3.77. The number of hydroxylamine groups is 2. The van der Waals surface area contributed by atoms with Crippen LogP contribution in [0, 0.1) is 0 Å². The molecule has 0 unspecified atom stereocenters. The van der Waals surface area contributed by atoms with E-state index in [1.54, 1.807) is 4.90 Å². The van der Waals surface area contributed by atoms with Gasteiger partial charge in [-0.05, 0) is 18.4 Å². The van der Waals surface area contributed by atoms with Crippen LogP contribution in [0.2, 0.25) is 0 Å². The van der Waals surface area contributed by atoms with Crippen molar-refractivity contribution in [3.63, 3.8) is 0 Å². The molecule has 2 aliphatic heterocycles. The van der Waals surface area contributed by atoms with Gasteiger partial charge in [0.15, 0.2) is 0 Å². The second-order valence-electron chi connectivity index (χ2n) is 6.78. The number of fused-ring (bicyclic) bond motifs is 2. The van der Waals surface area contributed by atoms with Gasteiger partial charge in [0.1, 0.15) is 12.6 Å². The molecule has 2 N–H and O–H groups in total. The molecule has 2 atom stereocenters. The van der Waals surface area contributed by atoms with Crippen LogP contribution in [0.4, 0.5) is 9.59 Å². The van der Waals surface area contributed by atoms with Crippen molar-refractivity contribution in [2.24, 2.45) is 0 Å². The number of benzene rings is 1. The predicted octanol–water partition coefficient (Wildman–Crippen LogP) is 1.95. The lowest BCUT2D eigenvalue weighted by Gasteiger charge is -2.27. The molecule has 3 amide bonds. The van der Waals surface area contributed by atoms with E-state index in [1.165, 1.54) is 5.06 Å². The summed E-state index contributed by atoms with van der Waals surface area (Å²) in [5.41, 5.74) is 1.000. The number of hydrogen-bond acceptors (Lipinski definition) is 6. The monoisotopic (exact) mass is 387 g/mol. The Morgan fingerprint density at radius 3 is 2.89 bits per heavy atom. The van der Waals surface area contributed by atoms with Crippen LogP contribution in [0.1, 0.15) is 36.2 Å². The number of hydrogen-bond donors (Lipinski definition) is 2. The van der Waals surface area contributed by atoms with Crippen LogP contribution in [0.25, 0.3) is 0 Å². The molecule has 2 bridgehead atoms. The first-order valence-corrected chi connectivity index (χ1v) is 9.17. The van der Waals surface area contributed by atoms with Gasteiger partial charge in [0, 0.05) is 19.5 Å². The van der Waals surface area contributed by atoms with Gasteiger partial charge >= 0.3 is 12.1 Å². The van der Waals surface area contributed by atoms with Crippen LogP contribution in [0.3, 0.4) is 0 Å². The van der Waals surface area contributed by atoms with E-state index in [1.807, 2.05) is 30.3 Å². The van der Waals surface area contributed by atoms with Crippen LogP contribution < -0.4 is 5.32 Å². The zero-order valence-corrected chi connectivity index (χ0v) is 15.2. The van der Waals surface area contributed by atoms with E-state index in [-0.39, 0.29) is 24.7 Å². The number of rotatable bonds is 7. The van der Waals surface area contributed by atoms with E-state index >= 15 is 0 Å². The van der Waals surface area contributed by atoms with E-state index in [2.05, 4.69) is 15.5 Å². The number of nitrogens with one attached hydrogen (secondary N) is 1. The molecule has 10 heteroatoms. The smallest absolute Gasteiger partial charge is 0.404 e. The molecular formula is C18H21N5O5. The minimum atomic E-state index is -1.10. The van der Waals surface area contributed by atoms with Crippen LogP contribution in [0.5, 0.6) is 0 Å². The highest BCUT2D eigenvalue weighted by molar-refractivity contribution is 5.77. The van der Waals surface area contributed by atoms with Crippen molar-refractivity contribution in [2.75, 3.05) is 13.1 Å². The fourth-order valence-corrected chi connectivity index (χ4v) is 3.55. The molecule has 2 aromatic rings. The Bertz CT molecular complexity index is 842. The average molecular weight is 387 g/mol. The number of amides is 3. The molecule has 148 valence electrons. The van der Waals surface area contributed by atoms with E-state index in [9.17, 15) is 9.59 Å². The Morgan fingerprint density at radius 1 is 1.29 bits per heavy atom. The Labute approximate surface area is 161 Å². The van der Waals surface area contributed by atoms with Crippen LogP contribution >= 0.6 is 0 Å². The number of urea groups is 1. The first kappa shape index (κ1) is 18.2. The van der Waals surface area contributed by atoms with Gasteiger partial charge in [-0.1, -0.05) is 30.3 Å². The second kappa shape index (κ2) is 7.85. The van der Waals surface area contributed by atoms with Gasteiger partial charge in [-0.3, -0.25) is 4.84 Å². The summed E-state index contributed by atoms with van der Waals surface area (Å²) in [5.74, 6) is 0.719. The molecule has 0 aliphatic carbocycles. The quantitative estimate of drug-likeness (QED) is 0.745. The summed E-state index contributed by atoms with van der Waals surface area (Å²) in [4.78, 5) is 30.8. The van der Waals surface area contributed by atoms with Gasteiger partial charge in [0.25, 0.3) is 0 Å². The molecule has 0 saturated carbocycles. The number of aromatic nitrogens is 2. The zero-order chi connectivity index (χ0) is 19.5. The first-order chi connectivity index (χ1) is 13.6. The maximum absolute atomic E-state index is 12.8. The van der Waals surface area contributed by atoms with E-state index in [4.69, 9.17) is 14.4 Å². The van der Waals surface area contributed by atoms with Gasteiger partial charge in [0.2, 0.25) is 11.8 Å².